The molecule has 144 valence electrons. The Labute approximate surface area is 170 Å². The van der Waals surface area contributed by atoms with E-state index < -0.39 is 5.82 Å². The van der Waals surface area contributed by atoms with Crippen molar-refractivity contribution in [2.24, 2.45) is 0 Å². The zero-order valence-electron chi connectivity index (χ0n) is 15.0. The van der Waals surface area contributed by atoms with Gasteiger partial charge in [-0.05, 0) is 35.9 Å². The molecule has 4 rings (SSSR count). The quantitative estimate of drug-likeness (QED) is 0.514. The van der Waals surface area contributed by atoms with Gasteiger partial charge in [0.1, 0.15) is 17.8 Å². The third kappa shape index (κ3) is 4.30. The normalized spacial score (nSPS) is 10.7. The summed E-state index contributed by atoms with van der Waals surface area (Å²) in [5.74, 6) is -0.624. The topological polar surface area (TPSA) is 80.9 Å². The van der Waals surface area contributed by atoms with Gasteiger partial charge in [-0.3, -0.25) is 10.1 Å². The van der Waals surface area contributed by atoms with Crippen molar-refractivity contribution in [2.45, 2.75) is 6.42 Å². The van der Waals surface area contributed by atoms with Crippen LogP contribution in [-0.2, 0) is 11.2 Å². The number of hydrogen-bond donors (Lipinski definition) is 1. The van der Waals surface area contributed by atoms with Crippen molar-refractivity contribution in [3.63, 3.8) is 0 Å². The Morgan fingerprint density at radius 3 is 2.69 bits per heavy atom. The average molecular weight is 409 g/mol. The highest BCUT2D eigenvalue weighted by atomic mass is 35.5. The zero-order chi connectivity index (χ0) is 20.2. The smallest absolute Gasteiger partial charge is 0.241 e. The van der Waals surface area contributed by atoms with E-state index in [-0.39, 0.29) is 18.2 Å². The lowest BCUT2D eigenvalue weighted by Gasteiger charge is -2.06. The van der Waals surface area contributed by atoms with Gasteiger partial charge in [0.05, 0.1) is 17.7 Å². The Hall–Kier alpha value is -3.58. The number of nitrogens with one attached hydrogen (secondary N) is 1. The van der Waals surface area contributed by atoms with Crippen molar-refractivity contribution in [2.75, 3.05) is 5.32 Å². The van der Waals surface area contributed by atoms with Crippen LogP contribution in [0.2, 0.25) is 5.02 Å². The van der Waals surface area contributed by atoms with Crippen molar-refractivity contribution in [3.05, 3.63) is 83.5 Å². The second-order valence-corrected chi connectivity index (χ2v) is 6.63. The summed E-state index contributed by atoms with van der Waals surface area (Å²) in [6, 6.07) is 14.6. The molecule has 1 amide bonds. The monoisotopic (exact) mass is 408 g/mol. The Kier molecular flexibility index (Phi) is 5.31. The van der Waals surface area contributed by atoms with E-state index in [1.165, 1.54) is 18.5 Å². The lowest BCUT2D eigenvalue weighted by Crippen LogP contribution is -2.14. The van der Waals surface area contributed by atoms with E-state index in [1.807, 2.05) is 0 Å². The minimum atomic E-state index is -0.401. The zero-order valence-corrected chi connectivity index (χ0v) is 15.7. The number of anilines is 1. The number of aromatic nitrogens is 3. The molecule has 29 heavy (non-hydrogen) atoms. The van der Waals surface area contributed by atoms with Crippen LogP contribution in [0.4, 0.5) is 10.3 Å². The molecule has 8 heteroatoms. The molecular formula is C21H14ClFN4O2. The number of carbonyl (C=O) groups is 1. The summed E-state index contributed by atoms with van der Waals surface area (Å²) < 4.78 is 18.8. The van der Waals surface area contributed by atoms with Crippen LogP contribution in [0.3, 0.4) is 0 Å². The summed E-state index contributed by atoms with van der Waals surface area (Å²) in [5, 5.41) is 7.40. The van der Waals surface area contributed by atoms with Crippen LogP contribution >= 0.6 is 11.6 Å². The maximum absolute atomic E-state index is 13.4. The van der Waals surface area contributed by atoms with Gasteiger partial charge in [0.2, 0.25) is 11.8 Å². The number of carbonyl (C=O) groups excluding carboxylic acids is 1. The minimum Gasteiger partial charge on any atom is -0.337 e. The lowest BCUT2D eigenvalue weighted by molar-refractivity contribution is -0.115. The summed E-state index contributed by atoms with van der Waals surface area (Å²) in [6.45, 7) is 0. The molecule has 0 fully saturated rings. The molecule has 0 unspecified atom stereocenters. The molecule has 0 saturated heterocycles. The number of halogens is 2. The van der Waals surface area contributed by atoms with Crippen LogP contribution in [0.15, 0.2) is 71.6 Å². The van der Waals surface area contributed by atoms with E-state index in [0.717, 1.165) is 5.56 Å². The fourth-order valence-corrected chi connectivity index (χ4v) is 2.99. The molecule has 1 N–H and O–H groups in total. The molecule has 2 heterocycles. The third-order valence-corrected chi connectivity index (χ3v) is 4.41. The van der Waals surface area contributed by atoms with Crippen LogP contribution in [0, 0.1) is 5.82 Å². The van der Waals surface area contributed by atoms with Crippen LogP contribution in [0.5, 0.6) is 0 Å². The SMILES string of the molecule is O=C(Cc1cccc(F)c1)Nc1onc(-c2ccc(Cl)cc2)c1-c1ccncn1. The van der Waals surface area contributed by atoms with Crippen LogP contribution in [0.25, 0.3) is 22.5 Å². The largest absolute Gasteiger partial charge is 0.337 e. The van der Waals surface area contributed by atoms with Gasteiger partial charge in [-0.25, -0.2) is 14.4 Å². The maximum Gasteiger partial charge on any atom is 0.241 e. The van der Waals surface area contributed by atoms with Gasteiger partial charge in [0, 0.05) is 16.8 Å². The molecule has 0 saturated carbocycles. The first kappa shape index (κ1) is 18.8. The first-order chi connectivity index (χ1) is 14.1. The van der Waals surface area contributed by atoms with Gasteiger partial charge in [-0.15, -0.1) is 0 Å². The average Bonchev–Trinajstić information content (AvgIpc) is 3.12. The number of nitrogens with zero attached hydrogens (tertiary/aromatic N) is 3. The Morgan fingerprint density at radius 2 is 1.97 bits per heavy atom. The van der Waals surface area contributed by atoms with Crippen molar-refractivity contribution in [1.29, 1.82) is 0 Å². The molecule has 6 nitrogen and oxygen atoms in total. The van der Waals surface area contributed by atoms with Crippen molar-refractivity contribution in [3.8, 4) is 22.5 Å². The predicted molar refractivity (Wildman–Crippen MR) is 107 cm³/mol. The van der Waals surface area contributed by atoms with E-state index >= 15 is 0 Å². The molecule has 0 radical (unpaired) electrons. The maximum atomic E-state index is 13.4. The summed E-state index contributed by atoms with van der Waals surface area (Å²) >= 11 is 5.97. The number of benzene rings is 2. The van der Waals surface area contributed by atoms with Gasteiger partial charge in [0.15, 0.2) is 0 Å². The van der Waals surface area contributed by atoms with Gasteiger partial charge in [-0.2, -0.15) is 0 Å². The summed E-state index contributed by atoms with van der Waals surface area (Å²) in [5.41, 5.74) is 2.84. The van der Waals surface area contributed by atoms with Gasteiger partial charge >= 0.3 is 0 Å². The first-order valence-electron chi connectivity index (χ1n) is 8.66. The highest BCUT2D eigenvalue weighted by molar-refractivity contribution is 6.30. The van der Waals surface area contributed by atoms with E-state index in [9.17, 15) is 9.18 Å². The molecule has 2 aromatic heterocycles. The van der Waals surface area contributed by atoms with E-state index in [4.69, 9.17) is 16.1 Å². The third-order valence-electron chi connectivity index (χ3n) is 4.15. The van der Waals surface area contributed by atoms with Gasteiger partial charge in [-0.1, -0.05) is 41.0 Å². The Balaban J connectivity index is 1.68. The summed E-state index contributed by atoms with van der Waals surface area (Å²) in [7, 11) is 0. The van der Waals surface area contributed by atoms with Crippen molar-refractivity contribution < 1.29 is 13.7 Å². The number of rotatable bonds is 5. The molecule has 0 aliphatic heterocycles. The van der Waals surface area contributed by atoms with Crippen molar-refractivity contribution >= 4 is 23.4 Å². The second-order valence-electron chi connectivity index (χ2n) is 6.19. The predicted octanol–water partition coefficient (Wildman–Crippen LogP) is 4.77. The van der Waals surface area contributed by atoms with Gasteiger partial charge < -0.3 is 4.52 Å². The number of amides is 1. The van der Waals surface area contributed by atoms with Crippen molar-refractivity contribution in [1.82, 2.24) is 15.1 Å². The van der Waals surface area contributed by atoms with Gasteiger partial charge in [0.25, 0.3) is 0 Å². The summed E-state index contributed by atoms with van der Waals surface area (Å²) in [6.07, 6.45) is 2.96. The minimum absolute atomic E-state index is 0.0159. The fraction of sp³-hybridized carbons (Fsp3) is 0.0476. The van der Waals surface area contributed by atoms with Crippen LogP contribution < -0.4 is 5.32 Å². The molecule has 0 aliphatic rings. The first-order valence-corrected chi connectivity index (χ1v) is 9.04. The highest BCUT2D eigenvalue weighted by Gasteiger charge is 2.22. The van der Waals surface area contributed by atoms with E-state index in [0.29, 0.717) is 27.5 Å². The fourth-order valence-electron chi connectivity index (χ4n) is 2.86. The molecule has 2 aromatic carbocycles. The molecule has 0 spiro atoms. The van der Waals surface area contributed by atoms with E-state index in [2.05, 4.69) is 20.4 Å². The Morgan fingerprint density at radius 1 is 1.14 bits per heavy atom. The van der Waals surface area contributed by atoms with E-state index in [1.54, 1.807) is 48.7 Å². The highest BCUT2D eigenvalue weighted by Crippen LogP contribution is 2.37. The molecule has 4 aromatic rings. The molecule has 0 aliphatic carbocycles. The standard InChI is InChI=1S/C21H14ClFN4O2/c22-15-6-4-14(5-7-15)20-19(17-8-9-24-12-25-17)21(29-27-20)26-18(28)11-13-2-1-3-16(23)10-13/h1-10,12H,11H2,(H,26,28). The lowest BCUT2D eigenvalue weighted by atomic mass is 10.0. The van der Waals surface area contributed by atoms with Crippen LogP contribution in [0.1, 0.15) is 5.56 Å². The molecule has 0 atom stereocenters. The molecule has 0 bridgehead atoms. The molecular weight excluding hydrogens is 395 g/mol. The van der Waals surface area contributed by atoms with Crippen LogP contribution in [-0.4, -0.2) is 21.0 Å². The number of hydrogen-bond acceptors (Lipinski definition) is 5. The summed E-state index contributed by atoms with van der Waals surface area (Å²) in [4.78, 5) is 20.7. The Bertz CT molecular complexity index is 1150. The second kappa shape index (κ2) is 8.20.